The molecule has 11 heteroatoms. The molecule has 2 aliphatic heterocycles. The third-order valence-corrected chi connectivity index (χ3v) is 11.6. The fraction of sp³-hybridized carbons (Fsp3) is 0.357. The number of ether oxygens (including phenoxy) is 10. The van der Waals surface area contributed by atoms with Crippen LogP contribution in [0.25, 0.3) is 0 Å². The van der Waals surface area contributed by atoms with Crippen molar-refractivity contribution in [2.24, 2.45) is 0 Å². The van der Waals surface area contributed by atoms with Gasteiger partial charge in [-0.1, -0.05) is 182 Å². The van der Waals surface area contributed by atoms with Crippen molar-refractivity contribution in [2.75, 3.05) is 20.3 Å². The molecule has 67 heavy (non-hydrogen) atoms. The second kappa shape index (κ2) is 25.9. The van der Waals surface area contributed by atoms with Gasteiger partial charge in [-0.15, -0.1) is 0 Å². The van der Waals surface area contributed by atoms with Crippen molar-refractivity contribution in [2.45, 2.75) is 107 Å². The van der Waals surface area contributed by atoms with Gasteiger partial charge >= 0.3 is 0 Å². The molecule has 0 aliphatic carbocycles. The predicted molar refractivity (Wildman–Crippen MR) is 252 cm³/mol. The summed E-state index contributed by atoms with van der Waals surface area (Å²) in [6.07, 6.45) is -9.66. The van der Waals surface area contributed by atoms with Crippen molar-refractivity contribution >= 4 is 0 Å². The second-order valence-corrected chi connectivity index (χ2v) is 16.3. The minimum Gasteiger partial charge on any atom is -0.396 e. The molecule has 4 unspecified atom stereocenters. The first-order valence-electron chi connectivity index (χ1n) is 24.5. The summed E-state index contributed by atoms with van der Waals surface area (Å²) in [6, 6.07) is 56.6. The van der Waals surface area contributed by atoms with Crippen LogP contribution >= 0.6 is 0 Å². The van der Waals surface area contributed by atoms with Gasteiger partial charge in [0.05, 0.1) is 56.4 Å². The first-order valence-corrected chi connectivity index (χ1v) is 22.8. The highest BCUT2D eigenvalue weighted by Crippen LogP contribution is 2.35. The van der Waals surface area contributed by atoms with Crippen LogP contribution in [0.5, 0.6) is 0 Å². The third kappa shape index (κ3) is 14.0. The molecule has 6 aromatic rings. The summed E-state index contributed by atoms with van der Waals surface area (Å²) >= 11 is 0. The molecule has 6 aromatic carbocycles. The van der Waals surface area contributed by atoms with Crippen molar-refractivity contribution in [1.29, 1.82) is 0 Å². The number of methoxy groups -OCH3 is 1. The largest absolute Gasteiger partial charge is 0.396 e. The molecule has 0 amide bonds. The molecule has 2 saturated heterocycles. The zero-order valence-corrected chi connectivity index (χ0v) is 37.6. The van der Waals surface area contributed by atoms with Crippen LogP contribution < -0.4 is 0 Å². The van der Waals surface area contributed by atoms with Gasteiger partial charge in [-0.3, -0.25) is 0 Å². The Labute approximate surface area is 398 Å². The normalized spacial score (nSPS) is 27.2. The van der Waals surface area contributed by atoms with Crippen molar-refractivity contribution in [1.82, 2.24) is 0 Å². The van der Waals surface area contributed by atoms with E-state index < -0.39 is 81.2 Å². The van der Waals surface area contributed by atoms with Gasteiger partial charge in [0.15, 0.2) is 12.6 Å². The van der Waals surface area contributed by atoms with Gasteiger partial charge in [-0.2, -0.15) is 0 Å². The summed E-state index contributed by atoms with van der Waals surface area (Å²) in [7, 11) is 1.47. The molecule has 1 N–H and O–H groups in total. The van der Waals surface area contributed by atoms with E-state index in [-0.39, 0.29) is 39.5 Å². The first kappa shape index (κ1) is 44.4. The Kier molecular flexibility index (Phi) is 17.1. The Morgan fingerprint density at radius 1 is 0.388 bits per heavy atom. The van der Waals surface area contributed by atoms with Crippen LogP contribution in [0, 0.1) is 0 Å². The van der Waals surface area contributed by atoms with Gasteiger partial charge in [0.2, 0.25) is 0 Å². The van der Waals surface area contributed by atoms with E-state index in [1.807, 2.05) is 146 Å². The van der Waals surface area contributed by atoms with Crippen molar-refractivity contribution in [3.8, 4) is 0 Å². The number of aliphatic hydroxyl groups excluding tert-OH is 1. The Balaban J connectivity index is 1.15. The maximum Gasteiger partial charge on any atom is 0.186 e. The van der Waals surface area contributed by atoms with E-state index in [4.69, 9.17) is 48.7 Å². The number of hydrogen-bond acceptors (Lipinski definition) is 11. The van der Waals surface area contributed by atoms with Gasteiger partial charge in [-0.25, -0.2) is 0 Å². The molecule has 0 aromatic heterocycles. The predicted octanol–water partition coefficient (Wildman–Crippen LogP) is 8.99. The van der Waals surface area contributed by atoms with E-state index >= 15 is 0 Å². The lowest BCUT2D eigenvalue weighted by Crippen LogP contribution is -2.63. The standard InChI is InChI=1S/C56H62O11/c1-58-55-53(63-38-45-28-16-6-17-29-45)52(62-37-44-26-14-5-15-27-44)50(60-35-42-22-10-3-11-23-42)48(67-55)40-65-56-54(64-39-46-30-18-7-19-31-46)51(61-36-43-24-12-4-13-25-43)49(47(66-56)32-33-57)59-34-41-20-8-2-9-21-41/h2-31,47-57H,32-40H2,1H3/t47-,48-,49-,50-,51+,52+,53-,54-,55?,56+/m1/s1/i35D,37D,38D/t35?,37?,38?,47-,48-,49-,50-,51+,52+,53-,54-,55?,56+. The Morgan fingerprint density at radius 3 is 1.15 bits per heavy atom. The topological polar surface area (TPSA) is 113 Å². The minimum absolute atomic E-state index is 0.181. The average molecular weight is 914 g/mol. The molecule has 2 fully saturated rings. The molecule has 2 aliphatic rings. The summed E-state index contributed by atoms with van der Waals surface area (Å²) in [5.74, 6) is 0. The third-order valence-electron chi connectivity index (χ3n) is 11.6. The Morgan fingerprint density at radius 2 is 0.716 bits per heavy atom. The zero-order chi connectivity index (χ0) is 48.5. The van der Waals surface area contributed by atoms with Gasteiger partial charge < -0.3 is 52.5 Å². The average Bonchev–Trinajstić information content (AvgIpc) is 3.41. The Bertz CT molecular complexity index is 2360. The zero-order valence-electron chi connectivity index (χ0n) is 40.6. The van der Waals surface area contributed by atoms with Crippen molar-refractivity contribution in [3.63, 3.8) is 0 Å². The van der Waals surface area contributed by atoms with Crippen molar-refractivity contribution in [3.05, 3.63) is 215 Å². The fourth-order valence-electron chi connectivity index (χ4n) is 8.16. The first-order chi connectivity index (χ1) is 34.4. The SMILES string of the molecule is [2H]C(O[C@H]1[C@H](OC([2H])c2ccccc2)[C@@H](OC([2H])c2ccccc2)C(OC)O[C@@H]1CO[C@H]1O[C@H](CCO)[C@@H](OCc2ccccc2)[C@H](OCc2ccccc2)[C@H]1OCc1ccccc1)c1ccccc1. The fourth-order valence-corrected chi connectivity index (χ4v) is 8.16. The van der Waals surface area contributed by atoms with E-state index in [0.717, 1.165) is 16.7 Å². The lowest BCUT2D eigenvalue weighted by Gasteiger charge is -2.48. The van der Waals surface area contributed by atoms with Crippen LogP contribution in [-0.2, 0) is 86.9 Å². The monoisotopic (exact) mass is 913 g/mol. The summed E-state index contributed by atoms with van der Waals surface area (Å²) in [5.41, 5.74) is 4.51. The van der Waals surface area contributed by atoms with E-state index in [1.54, 1.807) is 36.4 Å². The Hall–Kier alpha value is -5.12. The van der Waals surface area contributed by atoms with Crippen LogP contribution in [-0.4, -0.2) is 86.8 Å². The molecule has 0 radical (unpaired) electrons. The van der Waals surface area contributed by atoms with Crippen molar-refractivity contribution < 1.29 is 56.6 Å². The highest BCUT2D eigenvalue weighted by atomic mass is 16.7. The number of hydrogen-bond donors (Lipinski definition) is 1. The van der Waals surface area contributed by atoms with Crippen LogP contribution in [0.3, 0.4) is 0 Å². The molecular weight excluding hydrogens is 849 g/mol. The quantitative estimate of drug-likeness (QED) is 0.0628. The molecule has 8 rings (SSSR count). The molecule has 11 nitrogen and oxygen atoms in total. The summed E-state index contributed by atoms with van der Waals surface area (Å²) in [5, 5.41) is 10.5. The molecule has 0 saturated carbocycles. The van der Waals surface area contributed by atoms with Crippen LogP contribution in [0.4, 0.5) is 0 Å². The lowest BCUT2D eigenvalue weighted by molar-refractivity contribution is -0.349. The van der Waals surface area contributed by atoms with Gasteiger partial charge in [0.25, 0.3) is 0 Å². The van der Waals surface area contributed by atoms with E-state index in [0.29, 0.717) is 16.7 Å². The van der Waals surface area contributed by atoms with Crippen LogP contribution in [0.2, 0.25) is 0 Å². The molecule has 0 bridgehead atoms. The highest BCUT2D eigenvalue weighted by Gasteiger charge is 2.52. The minimum atomic E-state index is -1.25. The summed E-state index contributed by atoms with van der Waals surface area (Å²) in [4.78, 5) is 0. The lowest BCUT2D eigenvalue weighted by atomic mass is 9.95. The van der Waals surface area contributed by atoms with Gasteiger partial charge in [0, 0.05) is 13.7 Å². The smallest absolute Gasteiger partial charge is 0.186 e. The molecule has 352 valence electrons. The molecular formula is C56H62O11. The molecule has 2 heterocycles. The second-order valence-electron chi connectivity index (χ2n) is 16.3. The van der Waals surface area contributed by atoms with E-state index in [2.05, 4.69) is 0 Å². The van der Waals surface area contributed by atoms with Crippen LogP contribution in [0.1, 0.15) is 43.9 Å². The van der Waals surface area contributed by atoms with Gasteiger partial charge in [-0.05, 0) is 39.8 Å². The van der Waals surface area contributed by atoms with Gasteiger partial charge in [0.1, 0.15) is 42.7 Å². The number of benzene rings is 6. The maximum absolute atomic E-state index is 10.5. The summed E-state index contributed by atoms with van der Waals surface area (Å²) in [6.45, 7) is -3.48. The van der Waals surface area contributed by atoms with Crippen LogP contribution in [0.15, 0.2) is 182 Å². The molecule has 13 atom stereocenters. The van der Waals surface area contributed by atoms with E-state index in [9.17, 15) is 7.85 Å². The van der Waals surface area contributed by atoms with E-state index in [1.165, 1.54) is 7.11 Å². The maximum atomic E-state index is 10.5. The highest BCUT2D eigenvalue weighted by molar-refractivity contribution is 5.18. The summed E-state index contributed by atoms with van der Waals surface area (Å²) < 4.78 is 94.4. The number of rotatable bonds is 24. The molecule has 0 spiro atoms. The number of aliphatic hydroxyl groups is 1.